The van der Waals surface area contributed by atoms with Crippen molar-refractivity contribution in [1.82, 2.24) is 4.90 Å². The molecule has 1 aromatic rings. The van der Waals surface area contributed by atoms with Crippen molar-refractivity contribution in [3.63, 3.8) is 0 Å². The number of hydrogen-bond donors (Lipinski definition) is 1. The van der Waals surface area contributed by atoms with Gasteiger partial charge in [0.2, 0.25) is 0 Å². The van der Waals surface area contributed by atoms with Gasteiger partial charge in [-0.2, -0.15) is 0 Å². The zero-order chi connectivity index (χ0) is 13.2. The van der Waals surface area contributed by atoms with E-state index in [0.29, 0.717) is 0 Å². The topological polar surface area (TPSA) is 38.5 Å². The van der Waals surface area contributed by atoms with Crippen LogP contribution in [0.3, 0.4) is 0 Å². The van der Waals surface area contributed by atoms with Gasteiger partial charge >= 0.3 is 0 Å². The van der Waals surface area contributed by atoms with Crippen molar-refractivity contribution >= 4 is 0 Å². The number of methoxy groups -OCH3 is 1. The third kappa shape index (κ3) is 5.52. The molecule has 0 bridgehead atoms. The molecule has 0 aliphatic rings. The quantitative estimate of drug-likeness (QED) is 0.685. The van der Waals surface area contributed by atoms with E-state index in [1.54, 1.807) is 7.11 Å². The summed E-state index contributed by atoms with van der Waals surface area (Å²) in [6.07, 6.45) is 4.91. The van der Waals surface area contributed by atoms with Crippen molar-refractivity contribution < 1.29 is 4.74 Å². The highest BCUT2D eigenvalue weighted by Crippen LogP contribution is 2.18. The number of ether oxygens (including phenoxy) is 1. The highest BCUT2D eigenvalue weighted by molar-refractivity contribution is 5.32. The molecular weight excluding hydrogens is 224 g/mol. The standard InChI is InChI=1S/C15H26N2O/c1-17(12-8-4-3-7-11-16)13-14-9-5-6-10-15(14)18-2/h5-6,9-10H,3-4,7-8,11-13,16H2,1-2H3. The van der Waals surface area contributed by atoms with Gasteiger partial charge in [-0.15, -0.1) is 0 Å². The van der Waals surface area contributed by atoms with E-state index in [9.17, 15) is 0 Å². The highest BCUT2D eigenvalue weighted by atomic mass is 16.5. The van der Waals surface area contributed by atoms with Crippen LogP contribution in [0, 0.1) is 0 Å². The second kappa shape index (κ2) is 8.95. The van der Waals surface area contributed by atoms with Crippen molar-refractivity contribution in [2.75, 3.05) is 27.2 Å². The lowest BCUT2D eigenvalue weighted by Gasteiger charge is -2.18. The van der Waals surface area contributed by atoms with Crippen LogP contribution in [0.25, 0.3) is 0 Å². The van der Waals surface area contributed by atoms with Gasteiger partial charge in [0.1, 0.15) is 5.75 Å². The number of nitrogens with two attached hydrogens (primary N) is 1. The third-order valence-corrected chi connectivity index (χ3v) is 3.13. The Morgan fingerprint density at radius 1 is 1.11 bits per heavy atom. The largest absolute Gasteiger partial charge is 0.496 e. The van der Waals surface area contributed by atoms with E-state index in [2.05, 4.69) is 24.1 Å². The van der Waals surface area contributed by atoms with E-state index in [4.69, 9.17) is 10.5 Å². The number of para-hydroxylation sites is 1. The summed E-state index contributed by atoms with van der Waals surface area (Å²) < 4.78 is 5.36. The maximum atomic E-state index is 5.48. The molecule has 0 amide bonds. The van der Waals surface area contributed by atoms with Gasteiger partial charge in [-0.3, -0.25) is 0 Å². The molecule has 0 unspecified atom stereocenters. The van der Waals surface area contributed by atoms with Crippen LogP contribution >= 0.6 is 0 Å². The van der Waals surface area contributed by atoms with Gasteiger partial charge in [-0.1, -0.05) is 31.0 Å². The average Bonchev–Trinajstić information content (AvgIpc) is 2.39. The van der Waals surface area contributed by atoms with Crippen LogP contribution < -0.4 is 10.5 Å². The Bertz CT molecular complexity index is 328. The number of nitrogens with zero attached hydrogens (tertiary/aromatic N) is 1. The van der Waals surface area contributed by atoms with Crippen LogP contribution in [0.1, 0.15) is 31.2 Å². The Morgan fingerprint density at radius 3 is 2.56 bits per heavy atom. The fourth-order valence-corrected chi connectivity index (χ4v) is 2.08. The molecule has 0 fully saturated rings. The first kappa shape index (κ1) is 15.0. The summed E-state index contributed by atoms with van der Waals surface area (Å²) in [6, 6.07) is 8.22. The summed E-state index contributed by atoms with van der Waals surface area (Å²) in [5, 5.41) is 0. The van der Waals surface area contributed by atoms with E-state index >= 15 is 0 Å². The minimum atomic E-state index is 0.817. The lowest BCUT2D eigenvalue weighted by Crippen LogP contribution is -2.19. The first-order chi connectivity index (χ1) is 8.77. The predicted octanol–water partition coefficient (Wildman–Crippen LogP) is 2.65. The highest BCUT2D eigenvalue weighted by Gasteiger charge is 2.05. The first-order valence-corrected chi connectivity index (χ1v) is 6.78. The number of hydrogen-bond acceptors (Lipinski definition) is 3. The lowest BCUT2D eigenvalue weighted by atomic mass is 10.1. The van der Waals surface area contributed by atoms with E-state index in [0.717, 1.165) is 31.8 Å². The Morgan fingerprint density at radius 2 is 1.83 bits per heavy atom. The Labute approximate surface area is 111 Å². The Hall–Kier alpha value is -1.06. The molecule has 1 aromatic carbocycles. The number of benzene rings is 1. The monoisotopic (exact) mass is 250 g/mol. The van der Waals surface area contributed by atoms with Gasteiger partial charge in [-0.25, -0.2) is 0 Å². The van der Waals surface area contributed by atoms with Gasteiger partial charge in [0.25, 0.3) is 0 Å². The zero-order valence-electron chi connectivity index (χ0n) is 11.7. The van der Waals surface area contributed by atoms with E-state index in [1.165, 1.54) is 24.8 Å². The minimum absolute atomic E-state index is 0.817. The molecule has 18 heavy (non-hydrogen) atoms. The molecular formula is C15H26N2O. The molecule has 0 radical (unpaired) electrons. The first-order valence-electron chi connectivity index (χ1n) is 6.78. The normalized spacial score (nSPS) is 10.9. The number of unbranched alkanes of at least 4 members (excludes halogenated alkanes) is 3. The van der Waals surface area contributed by atoms with Gasteiger partial charge < -0.3 is 15.4 Å². The summed E-state index contributed by atoms with van der Waals surface area (Å²) in [5.41, 5.74) is 6.73. The second-order valence-electron chi connectivity index (χ2n) is 4.75. The summed E-state index contributed by atoms with van der Waals surface area (Å²) >= 11 is 0. The van der Waals surface area contributed by atoms with Crippen LogP contribution in [0.4, 0.5) is 0 Å². The third-order valence-electron chi connectivity index (χ3n) is 3.13. The summed E-state index contributed by atoms with van der Waals surface area (Å²) in [4.78, 5) is 2.35. The van der Waals surface area contributed by atoms with Gasteiger partial charge in [0, 0.05) is 12.1 Å². The Balaban J connectivity index is 2.28. The summed E-state index contributed by atoms with van der Waals surface area (Å²) in [7, 11) is 3.89. The van der Waals surface area contributed by atoms with Gasteiger partial charge in [0.05, 0.1) is 7.11 Å². The molecule has 3 nitrogen and oxygen atoms in total. The van der Waals surface area contributed by atoms with E-state index in [-0.39, 0.29) is 0 Å². The molecule has 0 spiro atoms. The molecule has 0 atom stereocenters. The smallest absolute Gasteiger partial charge is 0.123 e. The molecule has 3 heteroatoms. The summed E-state index contributed by atoms with van der Waals surface area (Å²) in [5.74, 6) is 0.979. The maximum absolute atomic E-state index is 5.48. The fraction of sp³-hybridized carbons (Fsp3) is 0.600. The molecule has 0 aromatic heterocycles. The predicted molar refractivity (Wildman–Crippen MR) is 76.9 cm³/mol. The molecule has 0 aliphatic carbocycles. The van der Waals surface area contributed by atoms with Crippen molar-refractivity contribution in [1.29, 1.82) is 0 Å². The summed E-state index contributed by atoms with van der Waals surface area (Å²) in [6.45, 7) is 2.89. The van der Waals surface area contributed by atoms with Crippen molar-refractivity contribution in [2.24, 2.45) is 5.73 Å². The second-order valence-corrected chi connectivity index (χ2v) is 4.75. The lowest BCUT2D eigenvalue weighted by molar-refractivity contribution is 0.309. The van der Waals surface area contributed by atoms with Crippen LogP contribution in [0.2, 0.25) is 0 Å². The molecule has 0 saturated heterocycles. The van der Waals surface area contributed by atoms with Gasteiger partial charge in [-0.05, 0) is 39.0 Å². The van der Waals surface area contributed by atoms with Crippen molar-refractivity contribution in [3.05, 3.63) is 29.8 Å². The van der Waals surface area contributed by atoms with Crippen LogP contribution in [0.5, 0.6) is 5.75 Å². The van der Waals surface area contributed by atoms with E-state index < -0.39 is 0 Å². The van der Waals surface area contributed by atoms with E-state index in [1.807, 2.05) is 12.1 Å². The SMILES string of the molecule is COc1ccccc1CN(C)CCCCCCN. The molecule has 102 valence electrons. The molecule has 2 N–H and O–H groups in total. The molecule has 0 heterocycles. The molecule has 1 rings (SSSR count). The van der Waals surface area contributed by atoms with Crippen LogP contribution in [0.15, 0.2) is 24.3 Å². The molecule has 0 aliphatic heterocycles. The van der Waals surface area contributed by atoms with Crippen molar-refractivity contribution in [3.8, 4) is 5.75 Å². The van der Waals surface area contributed by atoms with Crippen molar-refractivity contribution in [2.45, 2.75) is 32.2 Å². The van der Waals surface area contributed by atoms with Gasteiger partial charge in [0.15, 0.2) is 0 Å². The van der Waals surface area contributed by atoms with Crippen LogP contribution in [-0.4, -0.2) is 32.1 Å². The van der Waals surface area contributed by atoms with Crippen LogP contribution in [-0.2, 0) is 6.54 Å². The fourth-order valence-electron chi connectivity index (χ4n) is 2.08. The Kier molecular flexibility index (Phi) is 7.46. The molecule has 0 saturated carbocycles. The average molecular weight is 250 g/mol. The minimum Gasteiger partial charge on any atom is -0.496 e. The zero-order valence-corrected chi connectivity index (χ0v) is 11.7. The maximum Gasteiger partial charge on any atom is 0.123 e. The number of rotatable bonds is 9.